The number of aromatic nitrogens is 1. The lowest BCUT2D eigenvalue weighted by atomic mass is 10.0. The van der Waals surface area contributed by atoms with Gasteiger partial charge >= 0.3 is 0 Å². The summed E-state index contributed by atoms with van der Waals surface area (Å²) in [5.74, 6) is 1.51. The van der Waals surface area contributed by atoms with Crippen LogP contribution in [0.25, 0.3) is 0 Å². The minimum absolute atomic E-state index is 0.0821. The van der Waals surface area contributed by atoms with Crippen LogP contribution in [0.3, 0.4) is 0 Å². The van der Waals surface area contributed by atoms with Crippen molar-refractivity contribution in [3.63, 3.8) is 0 Å². The first kappa shape index (κ1) is 13.5. The fourth-order valence-corrected chi connectivity index (χ4v) is 2.92. The van der Waals surface area contributed by atoms with Gasteiger partial charge in [-0.2, -0.15) is 0 Å². The molecule has 1 saturated carbocycles. The Morgan fingerprint density at radius 3 is 2.72 bits per heavy atom. The lowest BCUT2D eigenvalue weighted by Crippen LogP contribution is -2.34. The van der Waals surface area contributed by atoms with E-state index in [0.717, 1.165) is 11.4 Å². The first-order valence-corrected chi connectivity index (χ1v) is 7.65. The van der Waals surface area contributed by atoms with Gasteiger partial charge in [-0.25, -0.2) is 4.98 Å². The molecule has 1 aliphatic rings. The fraction of sp³-hybridized carbons (Fsp3) is 0.714. The molecule has 3 nitrogen and oxygen atoms in total. The topological polar surface area (TPSA) is 42.0 Å². The highest BCUT2D eigenvalue weighted by atomic mass is 32.1. The van der Waals surface area contributed by atoms with Crippen LogP contribution in [-0.4, -0.2) is 10.9 Å². The molecule has 1 N–H and O–H groups in total. The third-order valence-electron chi connectivity index (χ3n) is 3.52. The highest BCUT2D eigenvalue weighted by Gasteiger charge is 2.33. The number of thiazole rings is 1. The van der Waals surface area contributed by atoms with Crippen LogP contribution in [-0.2, 0) is 4.79 Å². The van der Waals surface area contributed by atoms with Crippen molar-refractivity contribution in [2.45, 2.75) is 46.1 Å². The second kappa shape index (κ2) is 5.83. The normalized spacial score (nSPS) is 18.7. The molecule has 1 aromatic heterocycles. The number of rotatable bonds is 6. The van der Waals surface area contributed by atoms with Crippen LogP contribution in [0.2, 0.25) is 0 Å². The van der Waals surface area contributed by atoms with Crippen molar-refractivity contribution in [2.75, 3.05) is 0 Å². The van der Waals surface area contributed by atoms with E-state index in [0.29, 0.717) is 11.8 Å². The monoisotopic (exact) mass is 266 g/mol. The number of carbonyl (C=O) groups is 1. The van der Waals surface area contributed by atoms with Crippen LogP contribution in [0.5, 0.6) is 0 Å². The van der Waals surface area contributed by atoms with Gasteiger partial charge in [-0.3, -0.25) is 4.79 Å². The van der Waals surface area contributed by atoms with Gasteiger partial charge in [0, 0.05) is 17.5 Å². The van der Waals surface area contributed by atoms with Gasteiger partial charge in [0.15, 0.2) is 0 Å². The third-order valence-corrected chi connectivity index (χ3v) is 4.41. The van der Waals surface area contributed by atoms with E-state index in [1.54, 1.807) is 11.3 Å². The Morgan fingerprint density at radius 2 is 2.22 bits per heavy atom. The fourth-order valence-electron chi connectivity index (χ4n) is 2.21. The molecule has 1 heterocycles. The van der Waals surface area contributed by atoms with Crippen molar-refractivity contribution in [3.8, 4) is 0 Å². The summed E-state index contributed by atoms with van der Waals surface area (Å²) < 4.78 is 0. The van der Waals surface area contributed by atoms with Gasteiger partial charge in [-0.1, -0.05) is 20.8 Å². The van der Waals surface area contributed by atoms with Crippen molar-refractivity contribution < 1.29 is 4.79 Å². The average molecular weight is 266 g/mol. The minimum atomic E-state index is 0.0821. The Balaban J connectivity index is 1.98. The molecular formula is C14H22N2OS. The van der Waals surface area contributed by atoms with E-state index >= 15 is 0 Å². The van der Waals surface area contributed by atoms with E-state index in [1.807, 2.05) is 18.5 Å². The maximum atomic E-state index is 12.2. The summed E-state index contributed by atoms with van der Waals surface area (Å²) in [5.41, 5.74) is 0. The molecule has 4 heteroatoms. The highest BCUT2D eigenvalue weighted by molar-refractivity contribution is 7.09. The van der Waals surface area contributed by atoms with Gasteiger partial charge in [-0.15, -0.1) is 11.3 Å². The van der Waals surface area contributed by atoms with Crippen LogP contribution in [0.4, 0.5) is 0 Å². The van der Waals surface area contributed by atoms with Crippen LogP contribution < -0.4 is 5.32 Å². The van der Waals surface area contributed by atoms with Gasteiger partial charge in [0.1, 0.15) is 5.01 Å². The summed E-state index contributed by atoms with van der Waals surface area (Å²) in [7, 11) is 0. The lowest BCUT2D eigenvalue weighted by Gasteiger charge is -2.21. The minimum Gasteiger partial charge on any atom is -0.347 e. The second-order valence-corrected chi connectivity index (χ2v) is 6.61. The van der Waals surface area contributed by atoms with Gasteiger partial charge in [0.25, 0.3) is 0 Å². The van der Waals surface area contributed by atoms with Crippen LogP contribution >= 0.6 is 11.3 Å². The summed E-state index contributed by atoms with van der Waals surface area (Å²) in [4.78, 5) is 16.5. The van der Waals surface area contributed by atoms with Gasteiger partial charge in [0.05, 0.1) is 6.04 Å². The van der Waals surface area contributed by atoms with E-state index in [9.17, 15) is 4.79 Å². The zero-order valence-electron chi connectivity index (χ0n) is 11.3. The second-order valence-electron chi connectivity index (χ2n) is 5.69. The van der Waals surface area contributed by atoms with Crippen molar-refractivity contribution in [2.24, 2.45) is 17.8 Å². The van der Waals surface area contributed by atoms with Crippen LogP contribution in [0, 0.1) is 17.8 Å². The standard InChI is InChI=1S/C14H22N2OS/c1-9(2)8-12(14-15-6-7-18-14)16-13(17)10(3)11-4-5-11/h6-7,9-12H,4-5,8H2,1-3H3,(H,16,17). The SMILES string of the molecule is CC(C)CC(NC(=O)C(C)C1CC1)c1nccs1. The molecule has 18 heavy (non-hydrogen) atoms. The summed E-state index contributed by atoms with van der Waals surface area (Å²) in [6, 6.07) is 0.0821. The first-order chi connectivity index (χ1) is 8.58. The molecule has 1 amide bonds. The lowest BCUT2D eigenvalue weighted by molar-refractivity contribution is -0.126. The van der Waals surface area contributed by atoms with E-state index in [-0.39, 0.29) is 17.9 Å². The number of carbonyl (C=O) groups excluding carboxylic acids is 1. The largest absolute Gasteiger partial charge is 0.347 e. The van der Waals surface area contributed by atoms with Gasteiger partial charge in [0.2, 0.25) is 5.91 Å². The van der Waals surface area contributed by atoms with Crippen molar-refractivity contribution in [1.29, 1.82) is 0 Å². The number of hydrogen-bond donors (Lipinski definition) is 1. The number of nitrogens with zero attached hydrogens (tertiary/aromatic N) is 1. The van der Waals surface area contributed by atoms with E-state index < -0.39 is 0 Å². The van der Waals surface area contributed by atoms with E-state index in [4.69, 9.17) is 0 Å². The maximum Gasteiger partial charge on any atom is 0.223 e. The molecule has 0 spiro atoms. The summed E-state index contributed by atoms with van der Waals surface area (Å²) in [6.07, 6.45) is 5.18. The highest BCUT2D eigenvalue weighted by Crippen LogP contribution is 2.37. The Labute approximate surface area is 113 Å². The molecule has 2 rings (SSSR count). The summed E-state index contributed by atoms with van der Waals surface area (Å²) >= 11 is 1.62. The predicted molar refractivity (Wildman–Crippen MR) is 74.3 cm³/mol. The van der Waals surface area contributed by atoms with Crippen LogP contribution in [0.1, 0.15) is 51.1 Å². The molecule has 1 fully saturated rings. The maximum absolute atomic E-state index is 12.2. The molecular weight excluding hydrogens is 244 g/mol. The third kappa shape index (κ3) is 3.55. The molecule has 1 aromatic rings. The van der Waals surface area contributed by atoms with E-state index in [2.05, 4.69) is 24.1 Å². The summed E-state index contributed by atoms with van der Waals surface area (Å²) in [6.45, 7) is 6.40. The molecule has 1 aliphatic carbocycles. The van der Waals surface area contributed by atoms with E-state index in [1.165, 1.54) is 12.8 Å². The molecule has 0 saturated heterocycles. The van der Waals surface area contributed by atoms with Crippen LogP contribution in [0.15, 0.2) is 11.6 Å². The average Bonchev–Trinajstić information content (AvgIpc) is 3.01. The van der Waals surface area contributed by atoms with Crippen molar-refractivity contribution >= 4 is 17.2 Å². The first-order valence-electron chi connectivity index (χ1n) is 6.77. The Kier molecular flexibility index (Phi) is 4.38. The molecule has 0 aliphatic heterocycles. The molecule has 0 bridgehead atoms. The molecule has 0 aromatic carbocycles. The van der Waals surface area contributed by atoms with Crippen molar-refractivity contribution in [1.82, 2.24) is 10.3 Å². The number of hydrogen-bond acceptors (Lipinski definition) is 3. The zero-order valence-corrected chi connectivity index (χ0v) is 12.2. The Morgan fingerprint density at radius 1 is 1.50 bits per heavy atom. The number of amides is 1. The Bertz CT molecular complexity index is 385. The molecule has 100 valence electrons. The van der Waals surface area contributed by atoms with Gasteiger partial charge < -0.3 is 5.32 Å². The molecule has 2 atom stereocenters. The van der Waals surface area contributed by atoms with Crippen molar-refractivity contribution in [3.05, 3.63) is 16.6 Å². The smallest absolute Gasteiger partial charge is 0.223 e. The quantitative estimate of drug-likeness (QED) is 0.857. The number of nitrogens with one attached hydrogen (secondary N) is 1. The molecule has 0 radical (unpaired) electrons. The predicted octanol–water partition coefficient (Wildman–Crippen LogP) is 3.39. The molecule has 2 unspecified atom stereocenters. The zero-order chi connectivity index (χ0) is 13.1. The summed E-state index contributed by atoms with van der Waals surface area (Å²) in [5, 5.41) is 6.18. The van der Waals surface area contributed by atoms with Gasteiger partial charge in [-0.05, 0) is 31.1 Å². The Hall–Kier alpha value is -0.900.